The molecular formula is C32H48N4O5S. The molecular weight excluding hydrogens is 552 g/mol. The van der Waals surface area contributed by atoms with E-state index in [9.17, 15) is 18.0 Å². The highest BCUT2D eigenvalue weighted by molar-refractivity contribution is 7.89. The Kier molecular flexibility index (Phi) is 14.7. The van der Waals surface area contributed by atoms with E-state index in [1.54, 1.807) is 0 Å². The molecule has 232 valence electrons. The lowest BCUT2D eigenvalue weighted by molar-refractivity contribution is -0.124. The van der Waals surface area contributed by atoms with Gasteiger partial charge < -0.3 is 20.7 Å². The van der Waals surface area contributed by atoms with Gasteiger partial charge in [0.2, 0.25) is 15.9 Å². The van der Waals surface area contributed by atoms with Gasteiger partial charge in [0.05, 0.1) is 12.4 Å². The third kappa shape index (κ3) is 13.2. The van der Waals surface area contributed by atoms with Crippen LogP contribution in [0.25, 0.3) is 0 Å². The summed E-state index contributed by atoms with van der Waals surface area (Å²) in [6.07, 6.45) is 8.04. The van der Waals surface area contributed by atoms with E-state index in [2.05, 4.69) is 20.7 Å². The Morgan fingerprint density at radius 3 is 2.31 bits per heavy atom. The van der Waals surface area contributed by atoms with Crippen molar-refractivity contribution in [3.05, 3.63) is 66.2 Å². The lowest BCUT2D eigenvalue weighted by Gasteiger charge is -2.28. The van der Waals surface area contributed by atoms with Crippen molar-refractivity contribution < 1.29 is 22.7 Å². The van der Waals surface area contributed by atoms with Gasteiger partial charge in [-0.25, -0.2) is 17.9 Å². The number of hydrogen-bond acceptors (Lipinski definition) is 6. The third-order valence-electron chi connectivity index (χ3n) is 7.57. The number of carbonyl (C=O) groups is 2. The minimum absolute atomic E-state index is 0.214. The molecule has 2 amide bonds. The number of benzene rings is 2. The van der Waals surface area contributed by atoms with E-state index in [0.717, 1.165) is 49.8 Å². The zero-order valence-electron chi connectivity index (χ0n) is 24.9. The summed E-state index contributed by atoms with van der Waals surface area (Å²) in [5, 5.41) is 8.94. The number of rotatable bonds is 18. The minimum Gasteiger partial charge on any atom is -0.450 e. The van der Waals surface area contributed by atoms with Crippen molar-refractivity contribution in [2.24, 2.45) is 5.92 Å². The molecule has 0 spiro atoms. The van der Waals surface area contributed by atoms with E-state index < -0.39 is 28.2 Å². The number of sulfonamides is 1. The van der Waals surface area contributed by atoms with E-state index in [1.165, 1.54) is 6.42 Å². The van der Waals surface area contributed by atoms with Gasteiger partial charge in [-0.2, -0.15) is 0 Å². The van der Waals surface area contributed by atoms with E-state index in [4.69, 9.17) is 4.74 Å². The maximum atomic E-state index is 13.6. The highest BCUT2D eigenvalue weighted by atomic mass is 32.2. The molecule has 3 rings (SSSR count). The Morgan fingerprint density at radius 1 is 0.929 bits per heavy atom. The third-order valence-corrected chi connectivity index (χ3v) is 9.06. The number of unbranched alkanes of at least 4 members (excludes halogenated alkanes) is 1. The molecule has 10 heteroatoms. The van der Waals surface area contributed by atoms with E-state index in [0.29, 0.717) is 38.3 Å². The van der Waals surface area contributed by atoms with Crippen molar-refractivity contribution >= 4 is 27.7 Å². The second-order valence-corrected chi connectivity index (χ2v) is 13.0. The molecule has 2 aromatic rings. The average Bonchev–Trinajstić information content (AvgIpc) is 2.99. The molecule has 2 aromatic carbocycles. The highest BCUT2D eigenvalue weighted by Gasteiger charge is 2.29. The van der Waals surface area contributed by atoms with Crippen LogP contribution in [0, 0.1) is 5.92 Å². The van der Waals surface area contributed by atoms with Crippen LogP contribution in [0.1, 0.15) is 70.3 Å². The standard InChI is InChI=1S/C32H48N4O5S/c1-2-3-23-41-32(38)36-30(24-27-15-9-5-10-16-27)31(37)35-29(20-19-26-13-7-4-8-14-26)25-42(39,40)34-22-21-33-28-17-11-6-12-18-28/h4,6-8,11-14,17-18,27,29-30,33-34H,2-3,5,9-10,15-16,19-25H2,1H3,(H,35,37)(H,36,38). The smallest absolute Gasteiger partial charge is 0.407 e. The van der Waals surface area contributed by atoms with Crippen molar-refractivity contribution in [3.63, 3.8) is 0 Å². The molecule has 1 aliphatic carbocycles. The maximum Gasteiger partial charge on any atom is 0.407 e. The maximum absolute atomic E-state index is 13.6. The topological polar surface area (TPSA) is 126 Å². The van der Waals surface area contributed by atoms with Crippen LogP contribution in [0.2, 0.25) is 0 Å². The number of aryl methyl sites for hydroxylation is 1. The van der Waals surface area contributed by atoms with Crippen LogP contribution in [0.15, 0.2) is 60.7 Å². The van der Waals surface area contributed by atoms with Crippen molar-refractivity contribution in [1.82, 2.24) is 15.4 Å². The van der Waals surface area contributed by atoms with Gasteiger partial charge in [-0.15, -0.1) is 0 Å². The highest BCUT2D eigenvalue weighted by Crippen LogP contribution is 2.27. The molecule has 0 saturated heterocycles. The Balaban J connectivity index is 1.64. The molecule has 0 aliphatic heterocycles. The molecule has 0 aromatic heterocycles. The number of carbonyl (C=O) groups excluding carboxylic acids is 2. The summed E-state index contributed by atoms with van der Waals surface area (Å²) in [6.45, 7) is 2.95. The van der Waals surface area contributed by atoms with Crippen molar-refractivity contribution in [1.29, 1.82) is 0 Å². The van der Waals surface area contributed by atoms with Gasteiger partial charge in [0.1, 0.15) is 6.04 Å². The zero-order chi connectivity index (χ0) is 30.0. The monoisotopic (exact) mass is 600 g/mol. The summed E-state index contributed by atoms with van der Waals surface area (Å²) in [7, 11) is -3.69. The molecule has 1 saturated carbocycles. The Morgan fingerprint density at radius 2 is 1.62 bits per heavy atom. The first-order chi connectivity index (χ1) is 20.3. The lowest BCUT2D eigenvalue weighted by atomic mass is 9.84. The number of ether oxygens (including phenoxy) is 1. The first kappa shape index (κ1) is 33.4. The van der Waals surface area contributed by atoms with Crippen molar-refractivity contribution in [3.8, 4) is 0 Å². The number of amides is 2. The summed E-state index contributed by atoms with van der Waals surface area (Å²) >= 11 is 0. The van der Waals surface area contributed by atoms with E-state index in [1.807, 2.05) is 67.6 Å². The second-order valence-electron chi connectivity index (χ2n) is 11.1. The van der Waals surface area contributed by atoms with Gasteiger partial charge in [0, 0.05) is 24.8 Å². The van der Waals surface area contributed by atoms with Crippen LogP contribution < -0.4 is 20.7 Å². The summed E-state index contributed by atoms with van der Waals surface area (Å²) in [5.41, 5.74) is 1.97. The zero-order valence-corrected chi connectivity index (χ0v) is 25.7. The number of nitrogens with one attached hydrogen (secondary N) is 4. The first-order valence-electron chi connectivity index (χ1n) is 15.4. The van der Waals surface area contributed by atoms with Gasteiger partial charge in [-0.1, -0.05) is 94.0 Å². The van der Waals surface area contributed by atoms with Gasteiger partial charge in [0.15, 0.2) is 0 Å². The summed E-state index contributed by atoms with van der Waals surface area (Å²) in [4.78, 5) is 26.1. The van der Waals surface area contributed by atoms with E-state index >= 15 is 0 Å². The van der Waals surface area contributed by atoms with E-state index in [-0.39, 0.29) is 18.2 Å². The van der Waals surface area contributed by atoms with Gasteiger partial charge in [-0.3, -0.25) is 4.79 Å². The largest absolute Gasteiger partial charge is 0.450 e. The number of alkyl carbamates (subject to hydrolysis) is 1. The van der Waals surface area contributed by atoms with Crippen LogP contribution in [0.5, 0.6) is 0 Å². The normalized spacial score (nSPS) is 15.4. The molecule has 0 heterocycles. The Hall–Kier alpha value is -3.11. The first-order valence-corrected chi connectivity index (χ1v) is 17.0. The molecule has 4 N–H and O–H groups in total. The minimum atomic E-state index is -3.69. The molecule has 42 heavy (non-hydrogen) atoms. The molecule has 2 unspecified atom stereocenters. The number of para-hydroxylation sites is 1. The fourth-order valence-corrected chi connectivity index (χ4v) is 6.57. The van der Waals surface area contributed by atoms with Crippen LogP contribution in [-0.4, -0.2) is 58.0 Å². The summed E-state index contributed by atoms with van der Waals surface area (Å²) in [6, 6.07) is 17.9. The summed E-state index contributed by atoms with van der Waals surface area (Å²) in [5.74, 6) is -0.295. The van der Waals surface area contributed by atoms with Crippen molar-refractivity contribution in [2.75, 3.05) is 30.8 Å². The number of anilines is 1. The van der Waals surface area contributed by atoms with Gasteiger partial charge in [-0.05, 0) is 49.3 Å². The Bertz CT molecular complexity index is 1160. The average molecular weight is 601 g/mol. The van der Waals surface area contributed by atoms with Crippen LogP contribution in [0.4, 0.5) is 10.5 Å². The molecule has 0 radical (unpaired) electrons. The molecule has 0 bridgehead atoms. The van der Waals surface area contributed by atoms with Crippen LogP contribution in [-0.2, 0) is 26.0 Å². The van der Waals surface area contributed by atoms with Gasteiger partial charge in [0.25, 0.3) is 0 Å². The molecule has 1 aliphatic rings. The van der Waals surface area contributed by atoms with Crippen LogP contribution >= 0.6 is 0 Å². The SMILES string of the molecule is CCCCOC(=O)NC(CC1CCCCC1)C(=O)NC(CCc1ccccc1)CS(=O)(=O)NCCNc1ccccc1. The number of hydrogen-bond donors (Lipinski definition) is 4. The quantitative estimate of drug-likeness (QED) is 0.179. The van der Waals surface area contributed by atoms with Crippen molar-refractivity contribution in [2.45, 2.75) is 83.2 Å². The fourth-order valence-electron chi connectivity index (χ4n) is 5.26. The predicted octanol–water partition coefficient (Wildman–Crippen LogP) is 5.00. The predicted molar refractivity (Wildman–Crippen MR) is 168 cm³/mol. The van der Waals surface area contributed by atoms with Gasteiger partial charge >= 0.3 is 6.09 Å². The lowest BCUT2D eigenvalue weighted by Crippen LogP contribution is -2.52. The molecule has 1 fully saturated rings. The fraction of sp³-hybridized carbons (Fsp3) is 0.562. The molecule has 9 nitrogen and oxygen atoms in total. The summed E-state index contributed by atoms with van der Waals surface area (Å²) < 4.78 is 34.1. The Labute approximate surface area is 251 Å². The van der Waals surface area contributed by atoms with Crippen LogP contribution in [0.3, 0.4) is 0 Å². The molecule has 2 atom stereocenters. The second kappa shape index (κ2) is 18.4.